The standard InChI is InChI=1S/C16H16FN3O2S/c1-9-8-18-16(23-9)19-15(22)12-7-13(21)20(2)14(12)10-3-5-11(17)6-4-10/h3-6,8,12,14H,7H2,1-2H3,(H,18,19,22)/t12-,14+/m1/s1. The largest absolute Gasteiger partial charge is 0.338 e. The van der Waals surface area contributed by atoms with Crippen LogP contribution in [0.4, 0.5) is 9.52 Å². The number of halogens is 1. The monoisotopic (exact) mass is 333 g/mol. The predicted molar refractivity (Wildman–Crippen MR) is 85.5 cm³/mol. The predicted octanol–water partition coefficient (Wildman–Crippen LogP) is 2.75. The van der Waals surface area contributed by atoms with E-state index in [9.17, 15) is 14.0 Å². The highest BCUT2D eigenvalue weighted by atomic mass is 32.1. The summed E-state index contributed by atoms with van der Waals surface area (Å²) in [6.07, 6.45) is 1.82. The van der Waals surface area contributed by atoms with Crippen LogP contribution in [-0.2, 0) is 9.59 Å². The van der Waals surface area contributed by atoms with Crippen molar-refractivity contribution in [1.29, 1.82) is 0 Å². The molecule has 7 heteroatoms. The van der Waals surface area contributed by atoms with Gasteiger partial charge in [0.1, 0.15) is 5.82 Å². The maximum atomic E-state index is 13.1. The lowest BCUT2D eigenvalue weighted by Gasteiger charge is -2.24. The number of thiazole rings is 1. The minimum atomic E-state index is -0.526. The van der Waals surface area contributed by atoms with Crippen LogP contribution in [0.15, 0.2) is 30.5 Å². The molecule has 2 amide bonds. The van der Waals surface area contributed by atoms with Gasteiger partial charge in [-0.3, -0.25) is 9.59 Å². The maximum absolute atomic E-state index is 13.1. The van der Waals surface area contributed by atoms with Crippen molar-refractivity contribution in [3.05, 3.63) is 46.7 Å². The van der Waals surface area contributed by atoms with E-state index in [2.05, 4.69) is 10.3 Å². The molecule has 3 rings (SSSR count). The normalized spacial score (nSPS) is 20.8. The van der Waals surface area contributed by atoms with Crippen molar-refractivity contribution < 1.29 is 14.0 Å². The molecule has 1 aromatic heterocycles. The van der Waals surface area contributed by atoms with E-state index in [1.807, 2.05) is 6.92 Å². The molecule has 0 spiro atoms. The van der Waals surface area contributed by atoms with E-state index in [1.54, 1.807) is 30.3 Å². The van der Waals surface area contributed by atoms with Crippen LogP contribution in [0, 0.1) is 18.7 Å². The second kappa shape index (κ2) is 6.08. The van der Waals surface area contributed by atoms with Crippen LogP contribution < -0.4 is 5.32 Å². The average molecular weight is 333 g/mol. The Morgan fingerprint density at radius 2 is 2.09 bits per heavy atom. The molecule has 0 saturated carbocycles. The fourth-order valence-corrected chi connectivity index (χ4v) is 3.50. The molecule has 1 aromatic carbocycles. The van der Waals surface area contributed by atoms with Gasteiger partial charge in [-0.25, -0.2) is 9.37 Å². The van der Waals surface area contributed by atoms with Crippen LogP contribution in [0.5, 0.6) is 0 Å². The van der Waals surface area contributed by atoms with Gasteiger partial charge in [0.15, 0.2) is 5.13 Å². The minimum absolute atomic E-state index is 0.102. The first-order valence-corrected chi connectivity index (χ1v) is 8.02. The topological polar surface area (TPSA) is 62.3 Å². The van der Waals surface area contributed by atoms with Gasteiger partial charge in [-0.2, -0.15) is 0 Å². The Morgan fingerprint density at radius 1 is 1.39 bits per heavy atom. The summed E-state index contributed by atoms with van der Waals surface area (Å²) >= 11 is 1.38. The third-order valence-corrected chi connectivity index (χ3v) is 4.81. The number of rotatable bonds is 3. The highest BCUT2D eigenvalue weighted by Gasteiger charge is 2.42. The highest BCUT2D eigenvalue weighted by molar-refractivity contribution is 7.15. The molecule has 2 aromatic rings. The van der Waals surface area contributed by atoms with Gasteiger partial charge in [-0.15, -0.1) is 11.3 Å². The Hall–Kier alpha value is -2.28. The molecule has 1 aliphatic rings. The van der Waals surface area contributed by atoms with Crippen molar-refractivity contribution in [1.82, 2.24) is 9.88 Å². The van der Waals surface area contributed by atoms with Gasteiger partial charge in [0, 0.05) is 24.5 Å². The summed E-state index contributed by atoms with van der Waals surface area (Å²) in [5, 5.41) is 3.29. The Bertz CT molecular complexity index is 744. The Kier molecular flexibility index (Phi) is 4.12. The first-order chi connectivity index (χ1) is 11.0. The molecular formula is C16H16FN3O2S. The number of aryl methyl sites for hydroxylation is 1. The molecule has 2 atom stereocenters. The molecule has 2 heterocycles. The van der Waals surface area contributed by atoms with E-state index in [4.69, 9.17) is 0 Å². The van der Waals surface area contributed by atoms with Crippen LogP contribution in [0.25, 0.3) is 0 Å². The van der Waals surface area contributed by atoms with E-state index in [0.717, 1.165) is 10.4 Å². The summed E-state index contributed by atoms with van der Waals surface area (Å²) in [5.41, 5.74) is 0.746. The van der Waals surface area contributed by atoms with Crippen molar-refractivity contribution >= 4 is 28.3 Å². The number of anilines is 1. The lowest BCUT2D eigenvalue weighted by molar-refractivity contribution is -0.127. The zero-order valence-electron chi connectivity index (χ0n) is 12.7. The van der Waals surface area contributed by atoms with Crippen molar-refractivity contribution in [2.24, 2.45) is 5.92 Å². The molecule has 1 N–H and O–H groups in total. The van der Waals surface area contributed by atoms with E-state index >= 15 is 0 Å². The number of carbonyl (C=O) groups excluding carboxylic acids is 2. The molecule has 0 radical (unpaired) electrons. The number of amides is 2. The molecule has 0 unspecified atom stereocenters. The number of hydrogen-bond acceptors (Lipinski definition) is 4. The van der Waals surface area contributed by atoms with Gasteiger partial charge >= 0.3 is 0 Å². The maximum Gasteiger partial charge on any atom is 0.232 e. The van der Waals surface area contributed by atoms with Crippen LogP contribution in [0.2, 0.25) is 0 Å². The number of nitrogens with one attached hydrogen (secondary N) is 1. The molecule has 1 saturated heterocycles. The molecule has 0 bridgehead atoms. The Labute approximate surface area is 137 Å². The third kappa shape index (κ3) is 3.10. The van der Waals surface area contributed by atoms with Crippen LogP contribution in [-0.4, -0.2) is 28.7 Å². The summed E-state index contributed by atoms with van der Waals surface area (Å²) in [7, 11) is 1.66. The smallest absolute Gasteiger partial charge is 0.232 e. The van der Waals surface area contributed by atoms with Crippen molar-refractivity contribution in [2.45, 2.75) is 19.4 Å². The number of aromatic nitrogens is 1. The SMILES string of the molecule is Cc1cnc(NC(=O)[C@@H]2CC(=O)N(C)[C@H]2c2ccc(F)cc2)s1. The van der Waals surface area contributed by atoms with E-state index < -0.39 is 12.0 Å². The fourth-order valence-electron chi connectivity index (χ4n) is 2.83. The zero-order chi connectivity index (χ0) is 16.6. The molecular weight excluding hydrogens is 317 g/mol. The van der Waals surface area contributed by atoms with Crippen molar-refractivity contribution in [3.63, 3.8) is 0 Å². The number of benzene rings is 1. The first kappa shape index (κ1) is 15.6. The number of carbonyl (C=O) groups is 2. The highest BCUT2D eigenvalue weighted by Crippen LogP contribution is 2.37. The van der Waals surface area contributed by atoms with Crippen molar-refractivity contribution in [3.8, 4) is 0 Å². The number of hydrogen-bond donors (Lipinski definition) is 1. The molecule has 0 aliphatic carbocycles. The second-order valence-electron chi connectivity index (χ2n) is 5.58. The second-order valence-corrected chi connectivity index (χ2v) is 6.81. The van der Waals surface area contributed by atoms with Gasteiger partial charge in [0.25, 0.3) is 0 Å². The van der Waals surface area contributed by atoms with E-state index in [-0.39, 0.29) is 24.1 Å². The first-order valence-electron chi connectivity index (χ1n) is 7.20. The lowest BCUT2D eigenvalue weighted by Crippen LogP contribution is -2.30. The fraction of sp³-hybridized carbons (Fsp3) is 0.312. The number of nitrogens with zero attached hydrogens (tertiary/aromatic N) is 2. The summed E-state index contributed by atoms with van der Waals surface area (Å²) in [5.74, 6) is -1.22. The van der Waals surface area contributed by atoms with Gasteiger partial charge in [0.2, 0.25) is 11.8 Å². The Morgan fingerprint density at radius 3 is 2.70 bits per heavy atom. The van der Waals surface area contributed by atoms with Crippen LogP contribution in [0.1, 0.15) is 22.9 Å². The summed E-state index contributed by atoms with van der Waals surface area (Å²) in [4.78, 5) is 31.3. The molecule has 120 valence electrons. The van der Waals surface area contributed by atoms with Crippen LogP contribution >= 0.6 is 11.3 Å². The molecule has 1 fully saturated rings. The third-order valence-electron chi connectivity index (χ3n) is 3.99. The Balaban J connectivity index is 1.85. The number of likely N-dealkylation sites (tertiary alicyclic amines) is 1. The van der Waals surface area contributed by atoms with E-state index in [0.29, 0.717) is 5.13 Å². The molecule has 1 aliphatic heterocycles. The van der Waals surface area contributed by atoms with Gasteiger partial charge in [0.05, 0.1) is 12.0 Å². The van der Waals surface area contributed by atoms with Crippen molar-refractivity contribution in [2.75, 3.05) is 12.4 Å². The molecule has 23 heavy (non-hydrogen) atoms. The van der Waals surface area contributed by atoms with Crippen LogP contribution in [0.3, 0.4) is 0 Å². The molecule has 5 nitrogen and oxygen atoms in total. The van der Waals surface area contributed by atoms with Gasteiger partial charge < -0.3 is 10.2 Å². The minimum Gasteiger partial charge on any atom is -0.338 e. The summed E-state index contributed by atoms with van der Waals surface area (Å²) in [6.45, 7) is 1.90. The average Bonchev–Trinajstić information content (AvgIpc) is 3.05. The summed E-state index contributed by atoms with van der Waals surface area (Å²) < 4.78 is 13.1. The van der Waals surface area contributed by atoms with Gasteiger partial charge in [-0.05, 0) is 24.6 Å². The van der Waals surface area contributed by atoms with E-state index in [1.165, 1.54) is 23.5 Å². The summed E-state index contributed by atoms with van der Waals surface area (Å²) in [6, 6.07) is 5.51. The van der Waals surface area contributed by atoms with Gasteiger partial charge in [-0.1, -0.05) is 12.1 Å². The lowest BCUT2D eigenvalue weighted by atomic mass is 9.93. The quantitative estimate of drug-likeness (QED) is 0.939. The zero-order valence-corrected chi connectivity index (χ0v) is 13.6.